The lowest BCUT2D eigenvalue weighted by Crippen LogP contribution is -2.46. The van der Waals surface area contributed by atoms with Gasteiger partial charge >= 0.3 is 0 Å². The first-order valence-electron chi connectivity index (χ1n) is 6.37. The zero-order valence-corrected chi connectivity index (χ0v) is 11.7. The third kappa shape index (κ3) is 5.71. The number of amides is 2. The maximum absolute atomic E-state index is 11.8. The summed E-state index contributed by atoms with van der Waals surface area (Å²) in [5, 5.41) is 14.6. The lowest BCUT2D eigenvalue weighted by atomic mass is 10.1. The Bertz CT molecular complexity index is 462. The molecule has 6 nitrogen and oxygen atoms in total. The molecule has 0 spiro atoms. The maximum Gasteiger partial charge on any atom is 0.242 e. The second-order valence-electron chi connectivity index (χ2n) is 4.42. The fourth-order valence-corrected chi connectivity index (χ4v) is 1.64. The van der Waals surface area contributed by atoms with Gasteiger partial charge in [0.25, 0.3) is 0 Å². The van der Waals surface area contributed by atoms with Gasteiger partial charge in [0, 0.05) is 13.7 Å². The van der Waals surface area contributed by atoms with Crippen LogP contribution in [0.3, 0.4) is 0 Å². The number of rotatable bonds is 7. The van der Waals surface area contributed by atoms with Crippen molar-refractivity contribution in [2.75, 3.05) is 20.3 Å². The summed E-state index contributed by atoms with van der Waals surface area (Å²) in [4.78, 5) is 23.4. The largest absolute Gasteiger partial charge is 0.508 e. The summed E-state index contributed by atoms with van der Waals surface area (Å²) in [5.74, 6) is -0.419. The molecule has 0 saturated heterocycles. The quantitative estimate of drug-likeness (QED) is 0.623. The molecule has 0 aliphatic carbocycles. The number of phenols is 1. The highest BCUT2D eigenvalue weighted by molar-refractivity contribution is 5.88. The zero-order valence-electron chi connectivity index (χ0n) is 11.7. The van der Waals surface area contributed by atoms with Crippen molar-refractivity contribution in [1.82, 2.24) is 10.6 Å². The van der Waals surface area contributed by atoms with E-state index in [2.05, 4.69) is 10.6 Å². The fourth-order valence-electron chi connectivity index (χ4n) is 1.64. The first kappa shape index (κ1) is 16.0. The Kier molecular flexibility index (Phi) is 6.52. The molecule has 0 fully saturated rings. The fraction of sp³-hybridized carbons (Fsp3) is 0.429. The Balaban J connectivity index is 2.39. The van der Waals surface area contributed by atoms with E-state index in [1.807, 2.05) is 0 Å². The van der Waals surface area contributed by atoms with Crippen molar-refractivity contribution in [3.05, 3.63) is 29.8 Å². The molecular formula is C14H20N2O4. The number of carbonyl (C=O) groups is 2. The summed E-state index contributed by atoms with van der Waals surface area (Å²) in [6.45, 7) is 2.44. The molecule has 2 amide bonds. The van der Waals surface area contributed by atoms with E-state index >= 15 is 0 Å². The number of aromatic hydroxyl groups is 1. The van der Waals surface area contributed by atoms with Crippen LogP contribution in [-0.4, -0.2) is 43.2 Å². The van der Waals surface area contributed by atoms with Crippen LogP contribution in [0.1, 0.15) is 12.5 Å². The minimum atomic E-state index is -0.614. The van der Waals surface area contributed by atoms with Crippen LogP contribution in [0.5, 0.6) is 5.75 Å². The van der Waals surface area contributed by atoms with Crippen molar-refractivity contribution in [1.29, 1.82) is 0 Å². The SMILES string of the molecule is COCCNC(=O)C(C)NC(=O)Cc1cccc(O)c1. The topological polar surface area (TPSA) is 87.7 Å². The van der Waals surface area contributed by atoms with Gasteiger partial charge in [-0.15, -0.1) is 0 Å². The molecule has 1 rings (SSSR count). The highest BCUT2D eigenvalue weighted by atomic mass is 16.5. The number of hydrogen-bond acceptors (Lipinski definition) is 4. The minimum Gasteiger partial charge on any atom is -0.508 e. The summed E-state index contributed by atoms with van der Waals surface area (Å²) >= 11 is 0. The van der Waals surface area contributed by atoms with Crippen molar-refractivity contribution < 1.29 is 19.4 Å². The smallest absolute Gasteiger partial charge is 0.242 e. The van der Waals surface area contributed by atoms with E-state index in [0.717, 1.165) is 0 Å². The summed E-state index contributed by atoms with van der Waals surface area (Å²) in [7, 11) is 1.55. The number of nitrogens with one attached hydrogen (secondary N) is 2. The number of phenolic OH excluding ortho intramolecular Hbond substituents is 1. The van der Waals surface area contributed by atoms with Gasteiger partial charge in [-0.25, -0.2) is 0 Å². The Morgan fingerprint density at radius 3 is 2.80 bits per heavy atom. The molecule has 0 saturated carbocycles. The predicted molar refractivity (Wildman–Crippen MR) is 74.3 cm³/mol. The Hall–Kier alpha value is -2.08. The molecular weight excluding hydrogens is 260 g/mol. The maximum atomic E-state index is 11.8. The Morgan fingerprint density at radius 1 is 1.40 bits per heavy atom. The molecule has 0 aliphatic rings. The summed E-state index contributed by atoms with van der Waals surface area (Å²) < 4.78 is 4.82. The van der Waals surface area contributed by atoms with Gasteiger partial charge in [0.1, 0.15) is 11.8 Å². The molecule has 20 heavy (non-hydrogen) atoms. The van der Waals surface area contributed by atoms with Crippen LogP contribution in [0.2, 0.25) is 0 Å². The second kappa shape index (κ2) is 8.16. The van der Waals surface area contributed by atoms with Crippen LogP contribution in [-0.2, 0) is 20.7 Å². The number of benzene rings is 1. The van der Waals surface area contributed by atoms with E-state index < -0.39 is 6.04 Å². The molecule has 0 aromatic heterocycles. The van der Waals surface area contributed by atoms with Crippen LogP contribution in [0.4, 0.5) is 0 Å². The highest BCUT2D eigenvalue weighted by Gasteiger charge is 2.15. The average Bonchev–Trinajstić information content (AvgIpc) is 2.38. The van der Waals surface area contributed by atoms with Crippen molar-refractivity contribution >= 4 is 11.8 Å². The van der Waals surface area contributed by atoms with E-state index in [-0.39, 0.29) is 24.0 Å². The van der Waals surface area contributed by atoms with E-state index in [1.165, 1.54) is 12.1 Å². The van der Waals surface area contributed by atoms with Crippen molar-refractivity contribution in [3.63, 3.8) is 0 Å². The van der Waals surface area contributed by atoms with Crippen molar-refractivity contribution in [2.45, 2.75) is 19.4 Å². The summed E-state index contributed by atoms with van der Waals surface area (Å²) in [5.41, 5.74) is 0.689. The second-order valence-corrected chi connectivity index (χ2v) is 4.42. The van der Waals surface area contributed by atoms with E-state index in [0.29, 0.717) is 18.7 Å². The van der Waals surface area contributed by atoms with Gasteiger partial charge in [0.15, 0.2) is 0 Å². The van der Waals surface area contributed by atoms with E-state index in [9.17, 15) is 14.7 Å². The lowest BCUT2D eigenvalue weighted by Gasteiger charge is -2.14. The molecule has 1 unspecified atom stereocenters. The van der Waals surface area contributed by atoms with Crippen LogP contribution in [0.15, 0.2) is 24.3 Å². The third-order valence-electron chi connectivity index (χ3n) is 2.65. The molecule has 1 aromatic carbocycles. The van der Waals surface area contributed by atoms with Gasteiger partial charge in [-0.1, -0.05) is 12.1 Å². The van der Waals surface area contributed by atoms with Gasteiger partial charge in [0.05, 0.1) is 13.0 Å². The molecule has 0 radical (unpaired) electrons. The van der Waals surface area contributed by atoms with Gasteiger partial charge in [-0.05, 0) is 24.6 Å². The Morgan fingerprint density at radius 2 is 2.15 bits per heavy atom. The number of methoxy groups -OCH3 is 1. The van der Waals surface area contributed by atoms with E-state index in [1.54, 1.807) is 26.2 Å². The van der Waals surface area contributed by atoms with Crippen LogP contribution < -0.4 is 10.6 Å². The van der Waals surface area contributed by atoms with Crippen LogP contribution in [0.25, 0.3) is 0 Å². The molecule has 110 valence electrons. The average molecular weight is 280 g/mol. The first-order chi connectivity index (χ1) is 9.52. The number of hydrogen-bond donors (Lipinski definition) is 3. The van der Waals surface area contributed by atoms with Crippen molar-refractivity contribution in [3.8, 4) is 5.75 Å². The Labute approximate surface area is 118 Å². The molecule has 3 N–H and O–H groups in total. The van der Waals surface area contributed by atoms with Gasteiger partial charge in [-0.2, -0.15) is 0 Å². The number of ether oxygens (including phenoxy) is 1. The number of carbonyl (C=O) groups excluding carboxylic acids is 2. The minimum absolute atomic E-state index is 0.112. The molecule has 0 bridgehead atoms. The molecule has 0 aliphatic heterocycles. The first-order valence-corrected chi connectivity index (χ1v) is 6.37. The van der Waals surface area contributed by atoms with Crippen LogP contribution in [0, 0.1) is 0 Å². The third-order valence-corrected chi connectivity index (χ3v) is 2.65. The zero-order chi connectivity index (χ0) is 15.0. The lowest BCUT2D eigenvalue weighted by molar-refractivity contribution is -0.128. The monoisotopic (exact) mass is 280 g/mol. The van der Waals surface area contributed by atoms with Gasteiger partial charge < -0.3 is 20.5 Å². The normalized spacial score (nSPS) is 11.7. The molecule has 1 atom stereocenters. The van der Waals surface area contributed by atoms with Gasteiger partial charge in [-0.3, -0.25) is 9.59 Å². The summed E-state index contributed by atoms with van der Waals surface area (Å²) in [6, 6.07) is 5.84. The highest BCUT2D eigenvalue weighted by Crippen LogP contribution is 2.11. The molecule has 1 aromatic rings. The van der Waals surface area contributed by atoms with Crippen LogP contribution >= 0.6 is 0 Å². The molecule has 0 heterocycles. The molecule has 6 heteroatoms. The predicted octanol–water partition coefficient (Wildman–Crippen LogP) is 0.202. The summed E-state index contributed by atoms with van der Waals surface area (Å²) in [6.07, 6.45) is 0.115. The standard InChI is InChI=1S/C14H20N2O4/c1-10(14(19)15-6-7-20-2)16-13(18)9-11-4-3-5-12(17)8-11/h3-5,8,10,17H,6-7,9H2,1-2H3,(H,15,19)(H,16,18). The van der Waals surface area contributed by atoms with Gasteiger partial charge in [0.2, 0.25) is 11.8 Å². The van der Waals surface area contributed by atoms with Crippen molar-refractivity contribution in [2.24, 2.45) is 0 Å². The van der Waals surface area contributed by atoms with E-state index in [4.69, 9.17) is 4.74 Å².